The average molecular weight is 256 g/mol. The van der Waals surface area contributed by atoms with Crippen LogP contribution in [-0.4, -0.2) is 17.9 Å². The molecule has 0 spiro atoms. The van der Waals surface area contributed by atoms with Gasteiger partial charge in [0.15, 0.2) is 0 Å². The summed E-state index contributed by atoms with van der Waals surface area (Å²) < 4.78 is 0. The lowest BCUT2D eigenvalue weighted by molar-refractivity contribution is -0.119. The first-order chi connectivity index (χ1) is 7.70. The Morgan fingerprint density at radius 3 is 2.65 bits per heavy atom. The highest BCUT2D eigenvalue weighted by molar-refractivity contribution is 5.92. The summed E-state index contributed by atoms with van der Waals surface area (Å²) in [4.78, 5) is 15.9. The number of hydrogen-bond donors (Lipinski definition) is 2. The molecule has 1 aliphatic rings. The molecule has 1 saturated carbocycles. The van der Waals surface area contributed by atoms with Gasteiger partial charge in [-0.3, -0.25) is 4.79 Å². The van der Waals surface area contributed by atoms with E-state index < -0.39 is 0 Å². The van der Waals surface area contributed by atoms with Crippen LogP contribution in [0.4, 0.5) is 11.5 Å². The van der Waals surface area contributed by atoms with Crippen LogP contribution in [0.25, 0.3) is 0 Å². The maximum atomic E-state index is 11.8. The Kier molecular flexibility index (Phi) is 4.75. The van der Waals surface area contributed by atoms with E-state index in [2.05, 4.69) is 15.6 Å². The van der Waals surface area contributed by atoms with Crippen LogP contribution in [0.1, 0.15) is 19.8 Å². The van der Waals surface area contributed by atoms with E-state index in [0.717, 1.165) is 11.5 Å². The number of pyridine rings is 1. The first-order valence-corrected chi connectivity index (χ1v) is 5.65. The van der Waals surface area contributed by atoms with Gasteiger partial charge in [0.25, 0.3) is 0 Å². The van der Waals surface area contributed by atoms with Crippen molar-refractivity contribution in [3.63, 3.8) is 0 Å². The van der Waals surface area contributed by atoms with E-state index in [1.54, 1.807) is 6.20 Å². The molecule has 1 atom stereocenters. The second kappa shape index (κ2) is 5.87. The van der Waals surface area contributed by atoms with Crippen LogP contribution in [0.2, 0.25) is 0 Å². The normalized spacial score (nSPS) is 15.6. The fourth-order valence-electron chi connectivity index (χ4n) is 1.68. The number of aromatic nitrogens is 1. The van der Waals surface area contributed by atoms with Crippen LogP contribution < -0.4 is 10.6 Å². The van der Waals surface area contributed by atoms with E-state index >= 15 is 0 Å². The zero-order valence-electron chi connectivity index (χ0n) is 10.1. The van der Waals surface area contributed by atoms with Crippen molar-refractivity contribution in [1.29, 1.82) is 0 Å². The Morgan fingerprint density at radius 2 is 2.18 bits per heavy atom. The molecule has 0 bridgehead atoms. The molecule has 0 aliphatic heterocycles. The lowest BCUT2D eigenvalue weighted by Gasteiger charge is -2.10. The van der Waals surface area contributed by atoms with Crippen molar-refractivity contribution in [3.8, 4) is 0 Å². The van der Waals surface area contributed by atoms with Gasteiger partial charge in [-0.25, -0.2) is 4.98 Å². The molecule has 4 nitrogen and oxygen atoms in total. The van der Waals surface area contributed by atoms with Gasteiger partial charge in [-0.2, -0.15) is 0 Å². The Balaban J connectivity index is 0.00000144. The van der Waals surface area contributed by atoms with Crippen LogP contribution in [0, 0.1) is 11.8 Å². The monoisotopic (exact) mass is 255 g/mol. The van der Waals surface area contributed by atoms with Crippen molar-refractivity contribution < 1.29 is 4.79 Å². The Labute approximate surface area is 108 Å². The summed E-state index contributed by atoms with van der Waals surface area (Å²) >= 11 is 0. The SMILES string of the molecule is CNc1ccc(NC(=O)C(C)C2CC2)cn1.Cl. The van der Waals surface area contributed by atoms with Crippen molar-refractivity contribution in [1.82, 2.24) is 4.98 Å². The first kappa shape index (κ1) is 13.8. The smallest absolute Gasteiger partial charge is 0.227 e. The maximum absolute atomic E-state index is 11.8. The van der Waals surface area contributed by atoms with E-state index in [0.29, 0.717) is 5.92 Å². The highest BCUT2D eigenvalue weighted by Gasteiger charge is 2.32. The number of halogens is 1. The molecule has 1 amide bonds. The minimum absolute atomic E-state index is 0. The summed E-state index contributed by atoms with van der Waals surface area (Å²) in [6.45, 7) is 1.99. The molecule has 1 unspecified atom stereocenters. The zero-order valence-corrected chi connectivity index (χ0v) is 10.9. The highest BCUT2D eigenvalue weighted by atomic mass is 35.5. The molecule has 2 rings (SSSR count). The fourth-order valence-corrected chi connectivity index (χ4v) is 1.68. The molecule has 1 aromatic rings. The van der Waals surface area contributed by atoms with Crippen molar-refractivity contribution in [2.45, 2.75) is 19.8 Å². The molecule has 2 N–H and O–H groups in total. The molecule has 0 aromatic carbocycles. The lowest BCUT2D eigenvalue weighted by atomic mass is 10.1. The number of carbonyl (C=O) groups is 1. The summed E-state index contributed by atoms with van der Waals surface area (Å²) in [5.41, 5.74) is 0.761. The molecule has 1 aliphatic carbocycles. The van der Waals surface area contributed by atoms with Gasteiger partial charge in [-0.1, -0.05) is 6.92 Å². The summed E-state index contributed by atoms with van der Waals surface area (Å²) in [6, 6.07) is 3.70. The lowest BCUT2D eigenvalue weighted by Crippen LogP contribution is -2.21. The van der Waals surface area contributed by atoms with Crippen LogP contribution >= 0.6 is 12.4 Å². The number of amides is 1. The van der Waals surface area contributed by atoms with E-state index in [1.165, 1.54) is 12.8 Å². The molecule has 5 heteroatoms. The maximum Gasteiger partial charge on any atom is 0.227 e. The summed E-state index contributed by atoms with van der Waals surface area (Å²) in [7, 11) is 1.82. The molecule has 17 heavy (non-hydrogen) atoms. The van der Waals surface area contributed by atoms with Crippen LogP contribution in [0.15, 0.2) is 18.3 Å². The van der Waals surface area contributed by atoms with E-state index in [9.17, 15) is 4.79 Å². The van der Waals surface area contributed by atoms with E-state index in [-0.39, 0.29) is 24.2 Å². The molecule has 94 valence electrons. The molecule has 0 radical (unpaired) electrons. The predicted octanol–water partition coefficient (Wildman–Crippen LogP) is 2.53. The van der Waals surface area contributed by atoms with Crippen LogP contribution in [0.5, 0.6) is 0 Å². The topological polar surface area (TPSA) is 54.0 Å². The fraction of sp³-hybridized carbons (Fsp3) is 0.500. The summed E-state index contributed by atoms with van der Waals surface area (Å²) in [5.74, 6) is 1.60. The Hall–Kier alpha value is -1.29. The van der Waals surface area contributed by atoms with Gasteiger partial charge in [-0.05, 0) is 30.9 Å². The van der Waals surface area contributed by atoms with Crippen molar-refractivity contribution >= 4 is 29.8 Å². The van der Waals surface area contributed by atoms with E-state index in [1.807, 2.05) is 26.1 Å². The third-order valence-corrected chi connectivity index (χ3v) is 3.03. The van der Waals surface area contributed by atoms with Gasteiger partial charge in [-0.15, -0.1) is 12.4 Å². The van der Waals surface area contributed by atoms with E-state index in [4.69, 9.17) is 0 Å². The second-order valence-corrected chi connectivity index (χ2v) is 4.30. The summed E-state index contributed by atoms with van der Waals surface area (Å²) in [6.07, 6.45) is 4.04. The molecule has 1 fully saturated rings. The van der Waals surface area contributed by atoms with Crippen molar-refractivity contribution in [3.05, 3.63) is 18.3 Å². The first-order valence-electron chi connectivity index (χ1n) is 5.65. The minimum atomic E-state index is 0. The van der Waals surface area contributed by atoms with Crippen molar-refractivity contribution in [2.75, 3.05) is 17.7 Å². The van der Waals surface area contributed by atoms with Gasteiger partial charge in [0, 0.05) is 13.0 Å². The van der Waals surface area contributed by atoms with Gasteiger partial charge < -0.3 is 10.6 Å². The van der Waals surface area contributed by atoms with Crippen molar-refractivity contribution in [2.24, 2.45) is 11.8 Å². The highest BCUT2D eigenvalue weighted by Crippen LogP contribution is 2.36. The average Bonchev–Trinajstić information content (AvgIpc) is 3.13. The molecular weight excluding hydrogens is 238 g/mol. The number of hydrogen-bond acceptors (Lipinski definition) is 3. The number of rotatable bonds is 4. The zero-order chi connectivity index (χ0) is 11.5. The Morgan fingerprint density at radius 1 is 1.47 bits per heavy atom. The largest absolute Gasteiger partial charge is 0.373 e. The molecular formula is C12H18ClN3O. The molecule has 1 aromatic heterocycles. The van der Waals surface area contributed by atoms with Gasteiger partial charge in [0.05, 0.1) is 11.9 Å². The minimum Gasteiger partial charge on any atom is -0.373 e. The molecule has 1 heterocycles. The standard InChI is InChI=1S/C12H17N3O.ClH/c1-8(9-3-4-9)12(16)15-10-5-6-11(13-2)14-7-10;/h5-9H,3-4H2,1-2H3,(H,13,14)(H,15,16);1H. The quantitative estimate of drug-likeness (QED) is 0.869. The summed E-state index contributed by atoms with van der Waals surface area (Å²) in [5, 5.41) is 5.82. The Bertz CT molecular complexity index is 376. The van der Waals surface area contributed by atoms with Gasteiger partial charge in [0.1, 0.15) is 5.82 Å². The van der Waals surface area contributed by atoms with Gasteiger partial charge in [0.2, 0.25) is 5.91 Å². The molecule has 0 saturated heterocycles. The van der Waals surface area contributed by atoms with Crippen LogP contribution in [-0.2, 0) is 4.79 Å². The predicted molar refractivity (Wildman–Crippen MR) is 71.5 cm³/mol. The number of anilines is 2. The number of nitrogens with one attached hydrogen (secondary N) is 2. The number of carbonyl (C=O) groups excluding carboxylic acids is 1. The van der Waals surface area contributed by atoms with Crippen LogP contribution in [0.3, 0.4) is 0 Å². The third kappa shape index (κ3) is 3.60. The van der Waals surface area contributed by atoms with Gasteiger partial charge >= 0.3 is 0 Å². The number of nitrogens with zero attached hydrogens (tertiary/aromatic N) is 1. The second-order valence-electron chi connectivity index (χ2n) is 4.30. The third-order valence-electron chi connectivity index (χ3n) is 3.03.